The van der Waals surface area contributed by atoms with E-state index in [1.807, 2.05) is 12.1 Å². The van der Waals surface area contributed by atoms with Crippen molar-refractivity contribution in [1.29, 1.82) is 0 Å². The molecule has 5 rings (SSSR count). The Hall–Kier alpha value is -5.14. The summed E-state index contributed by atoms with van der Waals surface area (Å²) in [6.07, 6.45) is 0. The zero-order valence-corrected chi connectivity index (χ0v) is 18.4. The Balaban J connectivity index is 1.41. The number of hydrogen-bond donors (Lipinski definition) is 0. The predicted molar refractivity (Wildman–Crippen MR) is 126 cm³/mol. The number of rotatable bonds is 6. The van der Waals surface area contributed by atoms with Crippen LogP contribution in [-0.4, -0.2) is 19.7 Å². The molecule has 36 heavy (non-hydrogen) atoms. The molecule has 0 radical (unpaired) electrons. The van der Waals surface area contributed by atoms with Crippen LogP contribution in [-0.2, 0) is 26.2 Å². The van der Waals surface area contributed by atoms with E-state index in [0.29, 0.717) is 26.2 Å². The fraction of sp³-hybridized carbons (Fsp3) is 0.182. The van der Waals surface area contributed by atoms with Crippen LogP contribution in [0.3, 0.4) is 0 Å². The van der Waals surface area contributed by atoms with Crippen molar-refractivity contribution in [2.24, 2.45) is 0 Å². The van der Waals surface area contributed by atoms with Gasteiger partial charge >= 0.3 is 0 Å². The lowest BCUT2D eigenvalue weighted by Crippen LogP contribution is -2.17. The Morgan fingerprint density at radius 3 is 1.11 bits per heavy atom. The molecule has 0 unspecified atom stereocenters. The largest absolute Gasteiger partial charge is 0.357 e. The molecule has 0 spiro atoms. The molecule has 0 saturated carbocycles. The number of hydrogen-bond acceptors (Lipinski definition) is 10. The summed E-state index contributed by atoms with van der Waals surface area (Å²) in [5.74, 6) is 0. The zero-order chi connectivity index (χ0) is 25.7. The van der Waals surface area contributed by atoms with E-state index in [0.717, 1.165) is 34.4 Å². The maximum absolute atomic E-state index is 11.6. The quantitative estimate of drug-likeness (QED) is 0.354. The first-order chi connectivity index (χ1) is 17.1. The van der Waals surface area contributed by atoms with Crippen molar-refractivity contribution in [3.63, 3.8) is 0 Å². The van der Waals surface area contributed by atoms with Crippen molar-refractivity contribution in [3.8, 4) is 0 Å². The number of nitrogens with zero attached hydrogens (tertiary/aromatic N) is 6. The standard InChI is InChI=1S/C22H16N6O8/c29-25(30)17-1-3-19(21(7-17)27(33)34)23-9-13-5-15-11-24(12-16(15)6-14(13)10-23)20-4-2-18(26(31)32)8-22(20)28(35)36/h1-8H,9-12H2. The van der Waals surface area contributed by atoms with Gasteiger partial charge in [0.25, 0.3) is 22.7 Å². The SMILES string of the molecule is O=[N+]([O-])c1ccc(N2Cc3cc4c(cc3C2)CN(c2ccc([N+](=O)[O-])cc2[N+](=O)[O-])C4)c([N+](=O)[O-])c1. The van der Waals surface area contributed by atoms with Crippen LogP contribution >= 0.6 is 0 Å². The van der Waals surface area contributed by atoms with Crippen molar-refractivity contribution in [2.75, 3.05) is 9.80 Å². The Bertz CT molecular complexity index is 1350. The van der Waals surface area contributed by atoms with E-state index in [-0.39, 0.29) is 34.1 Å². The molecule has 0 bridgehead atoms. The number of fused-ring (bicyclic) bond motifs is 2. The van der Waals surface area contributed by atoms with Gasteiger partial charge in [-0.05, 0) is 34.4 Å². The van der Waals surface area contributed by atoms with Crippen molar-refractivity contribution in [1.82, 2.24) is 0 Å². The van der Waals surface area contributed by atoms with Gasteiger partial charge in [0.1, 0.15) is 11.4 Å². The van der Waals surface area contributed by atoms with E-state index >= 15 is 0 Å². The number of non-ortho nitro benzene ring substituents is 2. The molecule has 14 nitrogen and oxygen atoms in total. The first kappa shape index (κ1) is 22.6. The van der Waals surface area contributed by atoms with Crippen molar-refractivity contribution in [3.05, 3.63) is 111 Å². The average molecular weight is 492 g/mol. The van der Waals surface area contributed by atoms with Gasteiger partial charge < -0.3 is 9.80 Å². The molecule has 0 fully saturated rings. The second-order valence-corrected chi connectivity index (χ2v) is 8.48. The molecule has 0 amide bonds. The maximum Gasteiger partial charge on any atom is 0.299 e. The van der Waals surface area contributed by atoms with E-state index in [1.54, 1.807) is 9.80 Å². The van der Waals surface area contributed by atoms with E-state index in [1.165, 1.54) is 24.3 Å². The minimum atomic E-state index is -0.679. The minimum Gasteiger partial charge on any atom is -0.357 e. The molecular weight excluding hydrogens is 476 g/mol. The van der Waals surface area contributed by atoms with E-state index in [2.05, 4.69) is 0 Å². The van der Waals surface area contributed by atoms with E-state index < -0.39 is 19.7 Å². The zero-order valence-electron chi connectivity index (χ0n) is 18.4. The van der Waals surface area contributed by atoms with Gasteiger partial charge in [-0.25, -0.2) is 0 Å². The summed E-state index contributed by atoms with van der Waals surface area (Å²) in [6, 6.07) is 11.1. The first-order valence-electron chi connectivity index (χ1n) is 10.6. The van der Waals surface area contributed by atoms with Crippen LogP contribution in [0.5, 0.6) is 0 Å². The van der Waals surface area contributed by atoms with Crippen molar-refractivity contribution >= 4 is 34.1 Å². The lowest BCUT2D eigenvalue weighted by atomic mass is 10.0. The molecule has 14 heteroatoms. The van der Waals surface area contributed by atoms with Crippen molar-refractivity contribution in [2.45, 2.75) is 26.2 Å². The molecule has 3 aromatic carbocycles. The summed E-state index contributed by atoms with van der Waals surface area (Å²) in [6.45, 7) is 1.44. The molecule has 0 aromatic heterocycles. The summed E-state index contributed by atoms with van der Waals surface area (Å²) >= 11 is 0. The summed E-state index contributed by atoms with van der Waals surface area (Å²) in [4.78, 5) is 46.1. The summed E-state index contributed by atoms with van der Waals surface area (Å²) in [5, 5.41) is 45.2. The third kappa shape index (κ3) is 3.79. The van der Waals surface area contributed by atoms with Gasteiger partial charge in [0.2, 0.25) is 0 Å². The summed E-state index contributed by atoms with van der Waals surface area (Å²) in [5.41, 5.74) is 2.88. The van der Waals surface area contributed by atoms with Gasteiger partial charge in [-0.2, -0.15) is 0 Å². The number of nitro benzene ring substituents is 4. The molecule has 182 valence electrons. The molecule has 2 aliphatic rings. The Morgan fingerprint density at radius 2 is 0.833 bits per heavy atom. The first-order valence-corrected chi connectivity index (χ1v) is 10.6. The van der Waals surface area contributed by atoms with Crippen molar-refractivity contribution < 1.29 is 19.7 Å². The van der Waals surface area contributed by atoms with Gasteiger partial charge in [-0.1, -0.05) is 12.1 Å². The maximum atomic E-state index is 11.6. The van der Waals surface area contributed by atoms with Gasteiger partial charge in [0.15, 0.2) is 0 Å². The molecular formula is C22H16N6O8. The van der Waals surface area contributed by atoms with Crippen LogP contribution in [0.25, 0.3) is 0 Å². The third-order valence-electron chi connectivity index (χ3n) is 6.38. The fourth-order valence-corrected chi connectivity index (χ4v) is 4.73. The minimum absolute atomic E-state index is 0.282. The smallest absolute Gasteiger partial charge is 0.299 e. The Kier molecular flexibility index (Phi) is 5.20. The Labute approximate surface area is 201 Å². The van der Waals surface area contributed by atoms with Crippen LogP contribution < -0.4 is 9.80 Å². The molecule has 2 aliphatic heterocycles. The second kappa shape index (κ2) is 8.26. The van der Waals surface area contributed by atoms with E-state index in [9.17, 15) is 40.5 Å². The highest BCUT2D eigenvalue weighted by molar-refractivity contribution is 5.70. The summed E-state index contributed by atoms with van der Waals surface area (Å²) in [7, 11) is 0. The van der Waals surface area contributed by atoms with E-state index in [4.69, 9.17) is 0 Å². The van der Waals surface area contributed by atoms with Gasteiger partial charge in [0.05, 0.1) is 31.8 Å². The van der Waals surface area contributed by atoms with Crippen LogP contribution in [0.4, 0.5) is 34.1 Å². The molecule has 3 aromatic rings. The second-order valence-electron chi connectivity index (χ2n) is 8.48. The molecule has 0 N–H and O–H groups in total. The summed E-state index contributed by atoms with van der Waals surface area (Å²) < 4.78 is 0. The highest BCUT2D eigenvalue weighted by Gasteiger charge is 2.32. The van der Waals surface area contributed by atoms with Gasteiger partial charge in [-0.15, -0.1) is 0 Å². The fourth-order valence-electron chi connectivity index (χ4n) is 4.73. The highest BCUT2D eigenvalue weighted by Crippen LogP contribution is 2.41. The van der Waals surface area contributed by atoms with Crippen LogP contribution in [0, 0.1) is 40.5 Å². The van der Waals surface area contributed by atoms with Gasteiger partial charge in [0, 0.05) is 38.3 Å². The lowest BCUT2D eigenvalue weighted by Gasteiger charge is -2.18. The third-order valence-corrected chi connectivity index (χ3v) is 6.38. The predicted octanol–water partition coefficient (Wildman–Crippen LogP) is 4.36. The molecule has 0 aliphatic carbocycles. The van der Waals surface area contributed by atoms with Crippen LogP contribution in [0.15, 0.2) is 48.5 Å². The molecule has 0 saturated heterocycles. The monoisotopic (exact) mass is 492 g/mol. The molecule has 2 heterocycles. The Morgan fingerprint density at radius 1 is 0.500 bits per heavy atom. The number of nitro groups is 4. The number of benzene rings is 3. The normalized spacial score (nSPS) is 13.9. The lowest BCUT2D eigenvalue weighted by molar-refractivity contribution is -0.394. The topological polar surface area (TPSA) is 179 Å². The van der Waals surface area contributed by atoms with Gasteiger partial charge in [-0.3, -0.25) is 40.5 Å². The molecule has 0 atom stereocenters. The van der Waals surface area contributed by atoms with Crippen LogP contribution in [0.1, 0.15) is 22.3 Å². The number of anilines is 2. The average Bonchev–Trinajstić information content (AvgIpc) is 3.44. The highest BCUT2D eigenvalue weighted by atomic mass is 16.6. The van der Waals surface area contributed by atoms with Crippen LogP contribution in [0.2, 0.25) is 0 Å².